The molecule has 1 heterocycles. The molecule has 9 heteroatoms. The van der Waals surface area contributed by atoms with Gasteiger partial charge in [-0.25, -0.2) is 4.68 Å². The standard InChI is InChI=1S/C10H13Cl3F3N3/c1-2-3-4-5-6-19-8(10(14,15)16)7(17-18-19)9(11,12)13/h2-6H2,1H3. The van der Waals surface area contributed by atoms with E-state index in [1.165, 1.54) is 0 Å². The zero-order chi connectivity index (χ0) is 14.7. The molecule has 0 N–H and O–H groups in total. The van der Waals surface area contributed by atoms with Crippen LogP contribution < -0.4 is 0 Å². The summed E-state index contributed by atoms with van der Waals surface area (Å²) in [7, 11) is 0. The molecule has 19 heavy (non-hydrogen) atoms. The van der Waals surface area contributed by atoms with Crippen LogP contribution in [0.4, 0.5) is 13.2 Å². The maximum Gasteiger partial charge on any atom is 0.435 e. The quantitative estimate of drug-likeness (QED) is 0.575. The summed E-state index contributed by atoms with van der Waals surface area (Å²) in [6.07, 6.45) is -1.33. The number of halogens is 6. The normalized spacial score (nSPS) is 13.0. The van der Waals surface area contributed by atoms with Crippen LogP contribution >= 0.6 is 34.8 Å². The van der Waals surface area contributed by atoms with Crippen LogP contribution in [-0.2, 0) is 16.5 Å². The average molecular weight is 339 g/mol. The molecule has 0 spiro atoms. The highest BCUT2D eigenvalue weighted by molar-refractivity contribution is 6.66. The van der Waals surface area contributed by atoms with Crippen LogP contribution in [0.5, 0.6) is 0 Å². The Bertz CT molecular complexity index is 412. The van der Waals surface area contributed by atoms with Crippen molar-refractivity contribution >= 4 is 34.8 Å². The lowest BCUT2D eigenvalue weighted by Crippen LogP contribution is -2.19. The smallest absolute Gasteiger partial charge is 0.240 e. The van der Waals surface area contributed by atoms with Crippen molar-refractivity contribution in [1.82, 2.24) is 15.0 Å². The topological polar surface area (TPSA) is 30.7 Å². The largest absolute Gasteiger partial charge is 0.435 e. The molecule has 110 valence electrons. The lowest BCUT2D eigenvalue weighted by Gasteiger charge is -2.14. The number of aromatic nitrogens is 3. The summed E-state index contributed by atoms with van der Waals surface area (Å²) in [5.74, 6) is 0. The molecule has 0 unspecified atom stereocenters. The van der Waals surface area contributed by atoms with Gasteiger partial charge in [-0.2, -0.15) is 13.2 Å². The number of nitrogens with zero attached hydrogens (tertiary/aromatic N) is 3. The van der Waals surface area contributed by atoms with Crippen LogP contribution in [0, 0.1) is 0 Å². The monoisotopic (exact) mass is 337 g/mol. The van der Waals surface area contributed by atoms with Crippen LogP contribution in [0.2, 0.25) is 0 Å². The van der Waals surface area contributed by atoms with Crippen molar-refractivity contribution in [1.29, 1.82) is 0 Å². The molecule has 0 bridgehead atoms. The van der Waals surface area contributed by atoms with E-state index >= 15 is 0 Å². The van der Waals surface area contributed by atoms with Crippen molar-refractivity contribution in [3.05, 3.63) is 11.4 Å². The van der Waals surface area contributed by atoms with Crippen molar-refractivity contribution in [3.63, 3.8) is 0 Å². The van der Waals surface area contributed by atoms with Crippen LogP contribution in [-0.4, -0.2) is 15.0 Å². The maximum atomic E-state index is 13.0. The van der Waals surface area contributed by atoms with E-state index < -0.39 is 21.4 Å². The first-order chi connectivity index (χ1) is 8.68. The summed E-state index contributed by atoms with van der Waals surface area (Å²) in [6, 6.07) is 0. The lowest BCUT2D eigenvalue weighted by molar-refractivity contribution is -0.144. The first-order valence-electron chi connectivity index (χ1n) is 5.75. The first-order valence-corrected chi connectivity index (χ1v) is 6.89. The zero-order valence-corrected chi connectivity index (χ0v) is 12.4. The van der Waals surface area contributed by atoms with Gasteiger partial charge in [0.05, 0.1) is 0 Å². The molecule has 1 aromatic rings. The van der Waals surface area contributed by atoms with Gasteiger partial charge >= 0.3 is 6.18 Å². The van der Waals surface area contributed by atoms with Gasteiger partial charge in [-0.1, -0.05) is 66.2 Å². The molecule has 0 atom stereocenters. The van der Waals surface area contributed by atoms with Crippen molar-refractivity contribution in [2.24, 2.45) is 0 Å². The van der Waals surface area contributed by atoms with E-state index in [2.05, 4.69) is 10.3 Å². The molecule has 0 saturated heterocycles. The zero-order valence-electron chi connectivity index (χ0n) is 10.1. The van der Waals surface area contributed by atoms with E-state index in [4.69, 9.17) is 34.8 Å². The summed E-state index contributed by atoms with van der Waals surface area (Å²) in [5.41, 5.74) is -1.77. The minimum atomic E-state index is -4.66. The Hall–Kier alpha value is -0.200. The number of hydrogen-bond donors (Lipinski definition) is 0. The highest BCUT2D eigenvalue weighted by atomic mass is 35.6. The number of hydrogen-bond acceptors (Lipinski definition) is 2. The van der Waals surface area contributed by atoms with E-state index in [1.807, 2.05) is 6.92 Å². The lowest BCUT2D eigenvalue weighted by atomic mass is 10.2. The summed E-state index contributed by atoms with van der Waals surface area (Å²) in [5, 5.41) is 6.79. The molecule has 0 radical (unpaired) electrons. The Morgan fingerprint density at radius 2 is 1.74 bits per heavy atom. The Kier molecular flexibility index (Phi) is 5.77. The van der Waals surface area contributed by atoms with Crippen molar-refractivity contribution < 1.29 is 13.2 Å². The molecule has 0 aliphatic heterocycles. The molecule has 1 rings (SSSR count). The first kappa shape index (κ1) is 16.9. The van der Waals surface area contributed by atoms with E-state index in [1.54, 1.807) is 0 Å². The maximum absolute atomic E-state index is 13.0. The Labute approximate surface area is 124 Å². The van der Waals surface area contributed by atoms with Crippen molar-refractivity contribution in [2.75, 3.05) is 0 Å². The minimum Gasteiger partial charge on any atom is -0.240 e. The second-order valence-electron chi connectivity index (χ2n) is 4.07. The van der Waals surface area contributed by atoms with E-state index in [0.717, 1.165) is 23.9 Å². The van der Waals surface area contributed by atoms with Crippen LogP contribution in [0.15, 0.2) is 0 Å². The molecule has 0 fully saturated rings. The Morgan fingerprint density at radius 3 is 2.21 bits per heavy atom. The predicted octanol–water partition coefficient (Wildman–Crippen LogP) is 4.70. The third-order valence-electron chi connectivity index (χ3n) is 2.50. The Balaban J connectivity index is 2.96. The second kappa shape index (κ2) is 6.50. The molecule has 0 amide bonds. The van der Waals surface area contributed by atoms with Crippen LogP contribution in [0.1, 0.15) is 44.0 Å². The highest BCUT2D eigenvalue weighted by Crippen LogP contribution is 2.43. The fourth-order valence-electron chi connectivity index (χ4n) is 1.63. The molecular weight excluding hydrogens is 325 g/mol. The van der Waals surface area contributed by atoms with Gasteiger partial charge < -0.3 is 0 Å². The van der Waals surface area contributed by atoms with Gasteiger partial charge in [-0.3, -0.25) is 0 Å². The minimum absolute atomic E-state index is 0.0998. The van der Waals surface area contributed by atoms with Crippen molar-refractivity contribution in [3.8, 4) is 0 Å². The van der Waals surface area contributed by atoms with Crippen LogP contribution in [0.25, 0.3) is 0 Å². The third kappa shape index (κ3) is 4.68. The number of rotatable bonds is 5. The van der Waals surface area contributed by atoms with Gasteiger partial charge in [0.1, 0.15) is 5.69 Å². The third-order valence-corrected chi connectivity index (χ3v) is 3.03. The summed E-state index contributed by atoms with van der Waals surface area (Å²) >= 11 is 16.4. The van der Waals surface area contributed by atoms with Crippen molar-refractivity contribution in [2.45, 2.75) is 49.1 Å². The summed E-state index contributed by atoms with van der Waals surface area (Å²) in [6.45, 7) is 2.11. The van der Waals surface area contributed by atoms with Gasteiger partial charge in [-0.05, 0) is 6.42 Å². The number of unbranched alkanes of at least 4 members (excludes halogenated alkanes) is 3. The molecule has 0 aliphatic rings. The van der Waals surface area contributed by atoms with Gasteiger partial charge in [0.2, 0.25) is 3.79 Å². The van der Waals surface area contributed by atoms with Gasteiger partial charge in [0.15, 0.2) is 5.69 Å². The molecule has 0 saturated carbocycles. The summed E-state index contributed by atoms with van der Waals surface area (Å²) < 4.78 is 37.4. The molecular formula is C10H13Cl3F3N3. The fourth-order valence-corrected chi connectivity index (χ4v) is 2.01. The molecule has 0 aliphatic carbocycles. The molecule has 3 nitrogen and oxygen atoms in total. The fraction of sp³-hybridized carbons (Fsp3) is 0.800. The number of aryl methyl sites for hydroxylation is 1. The van der Waals surface area contributed by atoms with Gasteiger partial charge in [-0.15, -0.1) is 5.10 Å². The van der Waals surface area contributed by atoms with Gasteiger partial charge in [0.25, 0.3) is 0 Å². The summed E-state index contributed by atoms with van der Waals surface area (Å²) in [4.78, 5) is 0. The van der Waals surface area contributed by atoms with Gasteiger partial charge in [0, 0.05) is 6.54 Å². The van der Waals surface area contributed by atoms with E-state index in [-0.39, 0.29) is 6.54 Å². The predicted molar refractivity (Wildman–Crippen MR) is 68.4 cm³/mol. The van der Waals surface area contributed by atoms with E-state index in [0.29, 0.717) is 6.42 Å². The highest BCUT2D eigenvalue weighted by Gasteiger charge is 2.45. The SMILES string of the molecule is CCCCCCn1nnc(C(Cl)(Cl)Cl)c1C(F)(F)F. The second-order valence-corrected chi connectivity index (χ2v) is 6.35. The average Bonchev–Trinajstić information content (AvgIpc) is 2.67. The van der Waals surface area contributed by atoms with E-state index in [9.17, 15) is 13.2 Å². The molecule has 0 aromatic carbocycles. The number of alkyl halides is 6. The molecule has 1 aromatic heterocycles. The Morgan fingerprint density at radius 1 is 1.11 bits per heavy atom. The van der Waals surface area contributed by atoms with Crippen LogP contribution in [0.3, 0.4) is 0 Å².